The van der Waals surface area contributed by atoms with Crippen LogP contribution in [0, 0.1) is 0 Å². The summed E-state index contributed by atoms with van der Waals surface area (Å²) in [6.07, 6.45) is 0.151. The number of carbonyl (C=O) groups excluding carboxylic acids is 4. The molecule has 0 saturated carbocycles. The Bertz CT molecular complexity index is 1760. The standard InChI is InChI=1S/C37H46F3N5O8/c1-8-11-12-13-14-15-26(43-34(49)53-35(4,5)6)32(47)45-21-24(19-28(45)30(46)44-36(20-22(36)9-2)33(48)51-10-3)52-31-29(37(38,39)40)41-25-17-16-23(50-7)18-27(25)42-31/h8-9,16-18,20,24,26,28H,1-2,10-15,19,21H2,3-7H3,(H,43,49)(H,44,46)/t24-,26+,28+,36-/m1/s1. The zero-order valence-corrected chi connectivity index (χ0v) is 30.5. The Morgan fingerprint density at radius 2 is 1.83 bits per heavy atom. The number of amides is 3. The van der Waals surface area contributed by atoms with Crippen molar-refractivity contribution in [3.8, 4) is 11.6 Å². The highest BCUT2D eigenvalue weighted by Gasteiger charge is 2.55. The number of unbranched alkanes of at least 4 members (excludes halogenated alkanes) is 3. The fourth-order valence-electron chi connectivity index (χ4n) is 5.94. The van der Waals surface area contributed by atoms with Gasteiger partial charge in [-0.05, 0) is 70.7 Å². The molecule has 13 nitrogen and oxygen atoms in total. The summed E-state index contributed by atoms with van der Waals surface area (Å²) in [5.41, 5.74) is -3.56. The van der Waals surface area contributed by atoms with E-state index in [9.17, 15) is 32.3 Å². The summed E-state index contributed by atoms with van der Waals surface area (Å²) >= 11 is 0. The molecular formula is C37H46F3N5O8. The van der Waals surface area contributed by atoms with E-state index in [1.54, 1.807) is 33.8 Å². The van der Waals surface area contributed by atoms with E-state index in [2.05, 4.69) is 33.8 Å². The van der Waals surface area contributed by atoms with Crippen molar-refractivity contribution in [3.63, 3.8) is 0 Å². The molecule has 1 aromatic carbocycles. The van der Waals surface area contributed by atoms with E-state index in [0.29, 0.717) is 24.2 Å². The third-order valence-corrected chi connectivity index (χ3v) is 8.51. The zero-order valence-electron chi connectivity index (χ0n) is 30.5. The fourth-order valence-corrected chi connectivity index (χ4v) is 5.94. The number of nitrogens with one attached hydrogen (secondary N) is 2. The minimum Gasteiger partial charge on any atom is -0.497 e. The second kappa shape index (κ2) is 16.7. The highest BCUT2D eigenvalue weighted by atomic mass is 19.4. The molecule has 1 aromatic heterocycles. The maximum Gasteiger partial charge on any atom is 0.438 e. The first-order valence-corrected chi connectivity index (χ1v) is 17.3. The first kappa shape index (κ1) is 40.6. The lowest BCUT2D eigenvalue weighted by molar-refractivity contribution is -0.149. The summed E-state index contributed by atoms with van der Waals surface area (Å²) in [7, 11) is 1.39. The van der Waals surface area contributed by atoms with E-state index < -0.39 is 71.0 Å². The summed E-state index contributed by atoms with van der Waals surface area (Å²) in [5, 5.41) is 5.25. The van der Waals surface area contributed by atoms with Crippen LogP contribution >= 0.6 is 0 Å². The molecular weight excluding hydrogens is 699 g/mol. The summed E-state index contributed by atoms with van der Waals surface area (Å²) in [6.45, 7) is 13.6. The SMILES string of the molecule is C=CCCCCC[C@H](NC(=O)OC(C)(C)C)C(=O)N1C[C@H](Oc2nc3cc(OC)ccc3nc2C(F)(F)F)C[C@H]1C(=O)N[C@]1(C(=O)OCC)C=C1C=C. The van der Waals surface area contributed by atoms with Crippen molar-refractivity contribution < 1.29 is 51.3 Å². The number of rotatable bonds is 16. The van der Waals surface area contributed by atoms with Crippen LogP contribution in [-0.2, 0) is 30.0 Å². The summed E-state index contributed by atoms with van der Waals surface area (Å²) in [6, 6.07) is 1.63. The molecule has 1 aliphatic heterocycles. The van der Waals surface area contributed by atoms with Gasteiger partial charge < -0.3 is 34.5 Å². The topological polar surface area (TPSA) is 158 Å². The summed E-state index contributed by atoms with van der Waals surface area (Å²) in [5.74, 6) is -2.81. The van der Waals surface area contributed by atoms with Crippen molar-refractivity contribution in [2.45, 2.75) is 102 Å². The van der Waals surface area contributed by atoms with Crippen LogP contribution in [0.2, 0.25) is 0 Å². The third-order valence-electron chi connectivity index (χ3n) is 8.51. The Kier molecular flexibility index (Phi) is 12.8. The quantitative estimate of drug-likeness (QED) is 0.126. The third kappa shape index (κ3) is 10.0. The average Bonchev–Trinajstić information content (AvgIpc) is 3.64. The van der Waals surface area contributed by atoms with E-state index in [0.717, 1.165) is 17.7 Å². The number of benzene rings is 1. The van der Waals surface area contributed by atoms with Gasteiger partial charge in [-0.1, -0.05) is 31.6 Å². The number of likely N-dealkylation sites (tertiary alicyclic amines) is 1. The molecule has 1 aliphatic carbocycles. The van der Waals surface area contributed by atoms with E-state index >= 15 is 0 Å². The average molecular weight is 746 g/mol. The molecule has 0 bridgehead atoms. The van der Waals surface area contributed by atoms with Crippen molar-refractivity contribution >= 4 is 34.9 Å². The number of methoxy groups -OCH3 is 1. The Labute approximate surface area is 306 Å². The molecule has 1 fully saturated rings. The smallest absolute Gasteiger partial charge is 0.438 e. The van der Waals surface area contributed by atoms with Crippen LogP contribution in [0.3, 0.4) is 0 Å². The monoisotopic (exact) mass is 745 g/mol. The molecule has 288 valence electrons. The predicted molar refractivity (Wildman–Crippen MR) is 188 cm³/mol. The van der Waals surface area contributed by atoms with Crippen LogP contribution in [0.25, 0.3) is 11.0 Å². The number of alkyl carbamates (subject to hydrolysis) is 1. The Hall–Kier alpha value is -5.15. The molecule has 0 spiro atoms. The number of allylic oxidation sites excluding steroid dienone is 1. The largest absolute Gasteiger partial charge is 0.497 e. The second-order valence-electron chi connectivity index (χ2n) is 13.7. The van der Waals surface area contributed by atoms with Crippen molar-refractivity contribution in [2.75, 3.05) is 20.3 Å². The highest BCUT2D eigenvalue weighted by molar-refractivity contribution is 6.02. The molecule has 3 amide bonds. The molecule has 53 heavy (non-hydrogen) atoms. The maximum atomic E-state index is 14.4. The number of carbonyl (C=O) groups is 4. The van der Waals surface area contributed by atoms with Gasteiger partial charge >= 0.3 is 18.2 Å². The van der Waals surface area contributed by atoms with Crippen molar-refractivity contribution in [2.24, 2.45) is 0 Å². The van der Waals surface area contributed by atoms with Gasteiger partial charge in [-0.2, -0.15) is 13.2 Å². The number of hydrogen-bond acceptors (Lipinski definition) is 10. The van der Waals surface area contributed by atoms with Gasteiger partial charge in [0.1, 0.15) is 29.5 Å². The normalized spacial score (nSPS) is 20.2. The summed E-state index contributed by atoms with van der Waals surface area (Å²) < 4.78 is 64.5. The number of aromatic nitrogens is 2. The fraction of sp³-hybridized carbons (Fsp3) is 0.514. The van der Waals surface area contributed by atoms with Crippen LogP contribution in [0.5, 0.6) is 11.6 Å². The van der Waals surface area contributed by atoms with Gasteiger partial charge in [0.25, 0.3) is 0 Å². The number of ether oxygens (including phenoxy) is 4. The van der Waals surface area contributed by atoms with Crippen molar-refractivity contribution in [3.05, 3.63) is 60.9 Å². The van der Waals surface area contributed by atoms with Crippen LogP contribution in [0.4, 0.5) is 18.0 Å². The van der Waals surface area contributed by atoms with Gasteiger partial charge in [-0.15, -0.1) is 6.58 Å². The Morgan fingerprint density at radius 1 is 1.09 bits per heavy atom. The van der Waals surface area contributed by atoms with E-state index in [-0.39, 0.29) is 37.0 Å². The number of nitrogens with zero attached hydrogens (tertiary/aromatic N) is 3. The maximum absolute atomic E-state index is 14.4. The first-order chi connectivity index (χ1) is 25.0. The van der Waals surface area contributed by atoms with E-state index in [1.165, 1.54) is 37.5 Å². The molecule has 2 N–H and O–H groups in total. The second-order valence-corrected chi connectivity index (χ2v) is 13.7. The van der Waals surface area contributed by atoms with Crippen molar-refractivity contribution in [1.29, 1.82) is 0 Å². The van der Waals surface area contributed by atoms with Crippen LogP contribution < -0.4 is 20.1 Å². The zero-order chi connectivity index (χ0) is 39.1. The van der Waals surface area contributed by atoms with Crippen molar-refractivity contribution in [1.82, 2.24) is 25.5 Å². The van der Waals surface area contributed by atoms with E-state index in [1.807, 2.05) is 0 Å². The lowest BCUT2D eigenvalue weighted by Crippen LogP contribution is -2.57. The number of fused-ring (bicyclic) bond motifs is 1. The molecule has 0 unspecified atom stereocenters. The van der Waals surface area contributed by atoms with Crippen LogP contribution in [0.15, 0.2) is 55.2 Å². The van der Waals surface area contributed by atoms with Crippen LogP contribution in [0.1, 0.15) is 71.9 Å². The molecule has 2 aliphatic rings. The number of hydrogen-bond donors (Lipinski definition) is 2. The van der Waals surface area contributed by atoms with Gasteiger partial charge in [-0.25, -0.2) is 19.6 Å². The van der Waals surface area contributed by atoms with Gasteiger partial charge in [0.2, 0.25) is 23.4 Å². The highest BCUT2D eigenvalue weighted by Crippen LogP contribution is 2.39. The van der Waals surface area contributed by atoms with Gasteiger partial charge in [0, 0.05) is 12.5 Å². The molecule has 0 radical (unpaired) electrons. The number of alkyl halides is 3. The van der Waals surface area contributed by atoms with Gasteiger partial charge in [0.15, 0.2) is 5.54 Å². The molecule has 1 saturated heterocycles. The number of esters is 1. The molecule has 2 aromatic rings. The molecule has 4 atom stereocenters. The minimum absolute atomic E-state index is 0.0176. The predicted octanol–water partition coefficient (Wildman–Crippen LogP) is 5.58. The first-order valence-electron chi connectivity index (χ1n) is 17.3. The Morgan fingerprint density at radius 3 is 2.43 bits per heavy atom. The van der Waals surface area contributed by atoms with Gasteiger partial charge in [0.05, 0.1) is 31.3 Å². The lowest BCUT2D eigenvalue weighted by atomic mass is 10.0. The minimum atomic E-state index is -4.97. The molecule has 16 heteroatoms. The Balaban J connectivity index is 1.70. The summed E-state index contributed by atoms with van der Waals surface area (Å²) in [4.78, 5) is 63.3. The molecule has 2 heterocycles. The lowest BCUT2D eigenvalue weighted by Gasteiger charge is -2.30. The van der Waals surface area contributed by atoms with Gasteiger partial charge in [-0.3, -0.25) is 9.59 Å². The number of halogens is 3. The van der Waals surface area contributed by atoms with E-state index in [4.69, 9.17) is 18.9 Å². The van der Waals surface area contributed by atoms with Crippen LogP contribution in [-0.4, -0.2) is 88.3 Å². The molecule has 4 rings (SSSR count).